The predicted molar refractivity (Wildman–Crippen MR) is 67.2 cm³/mol. The molecule has 0 aliphatic heterocycles. The van der Waals surface area contributed by atoms with Crippen LogP contribution < -0.4 is 10.1 Å². The number of hydrogen-bond donors (Lipinski definition) is 1. The Morgan fingerprint density at radius 2 is 2.06 bits per heavy atom. The lowest BCUT2D eigenvalue weighted by atomic mass is 10.0. The summed E-state index contributed by atoms with van der Waals surface area (Å²) in [7, 11) is 1.76. The molecular weight excluding hydrogens is 198 g/mol. The molecule has 2 nitrogen and oxygen atoms in total. The molecule has 1 N–H and O–H groups in total. The molecule has 0 spiro atoms. The minimum absolute atomic E-state index is 0.789. The van der Waals surface area contributed by atoms with Gasteiger partial charge in [-0.25, -0.2) is 0 Å². The van der Waals surface area contributed by atoms with Crippen molar-refractivity contribution in [3.8, 4) is 5.75 Å². The number of benzene rings is 1. The minimum atomic E-state index is 0.789. The van der Waals surface area contributed by atoms with Crippen LogP contribution in [0.2, 0.25) is 0 Å². The summed E-state index contributed by atoms with van der Waals surface area (Å²) < 4.78 is 5.45. The molecule has 0 saturated heterocycles. The van der Waals surface area contributed by atoms with Crippen molar-refractivity contribution >= 4 is 0 Å². The Hall–Kier alpha value is -1.02. The number of hydrogen-bond acceptors (Lipinski definition) is 2. The van der Waals surface area contributed by atoms with E-state index in [4.69, 9.17) is 4.74 Å². The lowest BCUT2D eigenvalue weighted by molar-refractivity contribution is 0.408. The smallest absolute Gasteiger partial charge is 0.122 e. The highest BCUT2D eigenvalue weighted by atomic mass is 16.5. The van der Waals surface area contributed by atoms with Gasteiger partial charge in [0.25, 0.3) is 0 Å². The van der Waals surface area contributed by atoms with Gasteiger partial charge in [-0.3, -0.25) is 0 Å². The van der Waals surface area contributed by atoms with Crippen LogP contribution in [-0.4, -0.2) is 19.7 Å². The van der Waals surface area contributed by atoms with E-state index in [9.17, 15) is 0 Å². The van der Waals surface area contributed by atoms with Crippen molar-refractivity contribution in [3.05, 3.63) is 28.8 Å². The molecule has 0 bridgehead atoms. The van der Waals surface area contributed by atoms with Gasteiger partial charge in [0.15, 0.2) is 0 Å². The molecule has 2 rings (SSSR count). The van der Waals surface area contributed by atoms with Crippen LogP contribution in [0.3, 0.4) is 0 Å². The van der Waals surface area contributed by atoms with E-state index in [0.29, 0.717) is 0 Å². The Bertz CT molecular complexity index is 369. The normalized spacial score (nSPS) is 15.2. The second-order valence-electron chi connectivity index (χ2n) is 4.74. The molecule has 2 heteroatoms. The molecule has 1 aliphatic carbocycles. The fourth-order valence-corrected chi connectivity index (χ4v) is 2.15. The van der Waals surface area contributed by atoms with Crippen LogP contribution in [0.1, 0.15) is 29.5 Å². The summed E-state index contributed by atoms with van der Waals surface area (Å²) in [6.07, 6.45) is 3.76. The monoisotopic (exact) mass is 219 g/mol. The molecule has 1 fully saturated rings. The van der Waals surface area contributed by atoms with Crippen molar-refractivity contribution in [1.29, 1.82) is 0 Å². The number of nitrogens with one attached hydrogen (secondary N) is 1. The van der Waals surface area contributed by atoms with Crippen molar-refractivity contribution in [2.75, 3.05) is 13.7 Å². The molecule has 1 aromatic rings. The van der Waals surface area contributed by atoms with E-state index in [0.717, 1.165) is 24.8 Å². The Morgan fingerprint density at radius 1 is 1.31 bits per heavy atom. The molecule has 0 aromatic heterocycles. The van der Waals surface area contributed by atoms with Crippen molar-refractivity contribution in [2.24, 2.45) is 0 Å². The Morgan fingerprint density at radius 3 is 2.69 bits per heavy atom. The highest BCUT2D eigenvalue weighted by Crippen LogP contribution is 2.25. The molecule has 0 amide bonds. The van der Waals surface area contributed by atoms with Crippen LogP contribution in [0.15, 0.2) is 12.1 Å². The predicted octanol–water partition coefficient (Wildman–Crippen LogP) is 2.61. The summed E-state index contributed by atoms with van der Waals surface area (Å²) >= 11 is 0. The third kappa shape index (κ3) is 2.76. The molecule has 88 valence electrons. The zero-order chi connectivity index (χ0) is 11.5. The third-order valence-corrected chi connectivity index (χ3v) is 3.18. The maximum atomic E-state index is 5.45. The van der Waals surface area contributed by atoms with Crippen LogP contribution in [0, 0.1) is 13.8 Å². The fourth-order valence-electron chi connectivity index (χ4n) is 2.15. The Kier molecular flexibility index (Phi) is 3.49. The summed E-state index contributed by atoms with van der Waals surface area (Å²) in [6, 6.07) is 5.14. The van der Waals surface area contributed by atoms with Crippen molar-refractivity contribution in [1.82, 2.24) is 5.32 Å². The number of methoxy groups -OCH3 is 1. The first-order valence-electron chi connectivity index (χ1n) is 6.08. The second kappa shape index (κ2) is 4.88. The summed E-state index contributed by atoms with van der Waals surface area (Å²) in [6.45, 7) is 5.34. The van der Waals surface area contributed by atoms with Crippen LogP contribution in [0.4, 0.5) is 0 Å². The van der Waals surface area contributed by atoms with Crippen LogP contribution in [-0.2, 0) is 6.42 Å². The molecule has 0 heterocycles. The van der Waals surface area contributed by atoms with E-state index in [1.807, 2.05) is 0 Å². The maximum absolute atomic E-state index is 5.45. The van der Waals surface area contributed by atoms with Crippen LogP contribution in [0.5, 0.6) is 5.75 Å². The third-order valence-electron chi connectivity index (χ3n) is 3.18. The van der Waals surface area contributed by atoms with E-state index in [-0.39, 0.29) is 0 Å². The molecule has 1 aromatic carbocycles. The number of rotatable bonds is 5. The first-order valence-corrected chi connectivity index (χ1v) is 6.08. The van der Waals surface area contributed by atoms with Gasteiger partial charge in [-0.15, -0.1) is 0 Å². The van der Waals surface area contributed by atoms with Gasteiger partial charge in [0.2, 0.25) is 0 Å². The van der Waals surface area contributed by atoms with E-state index < -0.39 is 0 Å². The molecule has 1 saturated carbocycles. The van der Waals surface area contributed by atoms with E-state index in [1.165, 1.54) is 29.5 Å². The molecule has 0 radical (unpaired) electrons. The van der Waals surface area contributed by atoms with Gasteiger partial charge in [-0.05, 0) is 62.4 Å². The molecule has 0 unspecified atom stereocenters. The summed E-state index contributed by atoms with van der Waals surface area (Å²) in [5, 5.41) is 3.54. The first-order chi connectivity index (χ1) is 7.70. The highest BCUT2D eigenvalue weighted by Gasteiger charge is 2.20. The standard InChI is InChI=1S/C14H21NO/c1-10-8-11(2)13(14(9-10)16-3)6-7-15-12-4-5-12/h8-9,12,15H,4-7H2,1-3H3. The van der Waals surface area contributed by atoms with Crippen molar-refractivity contribution in [3.63, 3.8) is 0 Å². The lowest BCUT2D eigenvalue weighted by Crippen LogP contribution is -2.19. The molecular formula is C14H21NO. The quantitative estimate of drug-likeness (QED) is 0.822. The zero-order valence-corrected chi connectivity index (χ0v) is 10.5. The second-order valence-corrected chi connectivity index (χ2v) is 4.74. The van der Waals surface area contributed by atoms with Gasteiger partial charge in [-0.1, -0.05) is 6.07 Å². The summed E-state index contributed by atoms with van der Waals surface area (Å²) in [5.74, 6) is 1.04. The van der Waals surface area contributed by atoms with Gasteiger partial charge >= 0.3 is 0 Å². The first kappa shape index (κ1) is 11.5. The van der Waals surface area contributed by atoms with Crippen LogP contribution in [0.25, 0.3) is 0 Å². The average molecular weight is 219 g/mol. The Balaban J connectivity index is 2.04. The lowest BCUT2D eigenvalue weighted by Gasteiger charge is -2.13. The molecule has 1 aliphatic rings. The van der Waals surface area contributed by atoms with Gasteiger partial charge < -0.3 is 10.1 Å². The number of aryl methyl sites for hydroxylation is 2. The van der Waals surface area contributed by atoms with E-state index >= 15 is 0 Å². The van der Waals surface area contributed by atoms with E-state index in [1.54, 1.807) is 7.11 Å². The summed E-state index contributed by atoms with van der Waals surface area (Å²) in [5.41, 5.74) is 3.96. The molecule has 0 atom stereocenters. The summed E-state index contributed by atoms with van der Waals surface area (Å²) in [4.78, 5) is 0. The Labute approximate surface area is 98.0 Å². The van der Waals surface area contributed by atoms with Gasteiger partial charge in [0.05, 0.1) is 7.11 Å². The van der Waals surface area contributed by atoms with E-state index in [2.05, 4.69) is 31.3 Å². The highest BCUT2D eigenvalue weighted by molar-refractivity contribution is 5.43. The largest absolute Gasteiger partial charge is 0.496 e. The average Bonchev–Trinajstić information content (AvgIpc) is 3.04. The van der Waals surface area contributed by atoms with Crippen molar-refractivity contribution < 1.29 is 4.74 Å². The van der Waals surface area contributed by atoms with Crippen LogP contribution >= 0.6 is 0 Å². The minimum Gasteiger partial charge on any atom is -0.496 e. The topological polar surface area (TPSA) is 21.3 Å². The van der Waals surface area contributed by atoms with Gasteiger partial charge in [-0.2, -0.15) is 0 Å². The SMILES string of the molecule is COc1cc(C)cc(C)c1CCNC1CC1. The van der Waals surface area contributed by atoms with Crippen molar-refractivity contribution in [2.45, 2.75) is 39.2 Å². The van der Waals surface area contributed by atoms with Gasteiger partial charge in [0.1, 0.15) is 5.75 Å². The molecule has 16 heavy (non-hydrogen) atoms. The fraction of sp³-hybridized carbons (Fsp3) is 0.571. The number of ether oxygens (including phenoxy) is 1. The van der Waals surface area contributed by atoms with Gasteiger partial charge in [0, 0.05) is 6.04 Å². The zero-order valence-electron chi connectivity index (χ0n) is 10.5. The maximum Gasteiger partial charge on any atom is 0.122 e.